The summed E-state index contributed by atoms with van der Waals surface area (Å²) in [6.45, 7) is 0.580. The Morgan fingerprint density at radius 2 is 2.00 bits per heavy atom. The molecule has 5 heteroatoms. The molecule has 14 heavy (non-hydrogen) atoms. The Balaban J connectivity index is 2.42. The van der Waals surface area contributed by atoms with Crippen LogP contribution in [-0.2, 0) is 12.6 Å². The van der Waals surface area contributed by atoms with Crippen molar-refractivity contribution in [3.8, 4) is 0 Å². The Morgan fingerprint density at radius 3 is 2.64 bits per heavy atom. The summed E-state index contributed by atoms with van der Waals surface area (Å²) in [4.78, 5) is 0. The third kappa shape index (κ3) is 1.43. The minimum absolute atomic E-state index is 0.579. The van der Waals surface area contributed by atoms with E-state index in [1.54, 1.807) is 0 Å². The topological polar surface area (TPSA) is 29.3 Å². The number of anilines is 1. The van der Waals surface area contributed by atoms with Crippen LogP contribution in [0.2, 0.25) is 0 Å². The lowest BCUT2D eigenvalue weighted by Gasteiger charge is -2.12. The number of fused-ring (bicyclic) bond motifs is 1. The predicted molar refractivity (Wildman–Crippen MR) is 46.7 cm³/mol. The molecule has 1 aliphatic rings. The fourth-order valence-corrected chi connectivity index (χ4v) is 1.60. The van der Waals surface area contributed by atoms with E-state index in [4.69, 9.17) is 5.84 Å². The fraction of sp³-hybridized carbons (Fsp3) is 0.333. The number of hydrogen-bond acceptors (Lipinski definition) is 2. The SMILES string of the molecule is NN1CCc2cc(C(F)(F)F)ccc21. The first-order chi connectivity index (χ1) is 6.48. The molecule has 0 saturated carbocycles. The van der Waals surface area contributed by atoms with Crippen LogP contribution in [0.15, 0.2) is 18.2 Å². The second kappa shape index (κ2) is 2.88. The van der Waals surface area contributed by atoms with Crippen LogP contribution in [-0.4, -0.2) is 6.54 Å². The van der Waals surface area contributed by atoms with E-state index >= 15 is 0 Å². The summed E-state index contributed by atoms with van der Waals surface area (Å²) in [7, 11) is 0. The molecule has 1 heterocycles. The van der Waals surface area contributed by atoms with Gasteiger partial charge in [-0.15, -0.1) is 0 Å². The first kappa shape index (κ1) is 9.33. The van der Waals surface area contributed by atoms with Crippen LogP contribution in [0.5, 0.6) is 0 Å². The molecule has 0 amide bonds. The number of rotatable bonds is 0. The molecule has 0 saturated heterocycles. The average molecular weight is 202 g/mol. The quantitative estimate of drug-likeness (QED) is 0.651. The number of nitrogens with two attached hydrogens (primary N) is 1. The molecule has 0 spiro atoms. The Bertz CT molecular complexity index is 360. The number of halogens is 3. The van der Waals surface area contributed by atoms with Gasteiger partial charge in [-0.25, -0.2) is 5.84 Å². The van der Waals surface area contributed by atoms with E-state index in [2.05, 4.69) is 0 Å². The van der Waals surface area contributed by atoms with Crippen LogP contribution in [0.3, 0.4) is 0 Å². The van der Waals surface area contributed by atoms with Crippen LogP contribution >= 0.6 is 0 Å². The third-order valence-electron chi connectivity index (χ3n) is 2.34. The number of benzene rings is 1. The molecule has 1 aromatic rings. The Hall–Kier alpha value is -1.23. The van der Waals surface area contributed by atoms with Crippen molar-refractivity contribution in [2.75, 3.05) is 11.6 Å². The first-order valence-corrected chi connectivity index (χ1v) is 4.21. The maximum atomic E-state index is 12.3. The minimum Gasteiger partial charge on any atom is -0.310 e. The van der Waals surface area contributed by atoms with Gasteiger partial charge in [-0.05, 0) is 30.2 Å². The van der Waals surface area contributed by atoms with Gasteiger partial charge in [0.05, 0.1) is 11.3 Å². The smallest absolute Gasteiger partial charge is 0.310 e. The Labute approximate surface area is 79.1 Å². The molecule has 0 aromatic heterocycles. The molecule has 1 aromatic carbocycles. The van der Waals surface area contributed by atoms with Crippen molar-refractivity contribution < 1.29 is 13.2 Å². The second-order valence-corrected chi connectivity index (χ2v) is 3.28. The van der Waals surface area contributed by atoms with Crippen LogP contribution in [0.4, 0.5) is 18.9 Å². The zero-order chi connectivity index (χ0) is 10.3. The molecule has 0 radical (unpaired) electrons. The third-order valence-corrected chi connectivity index (χ3v) is 2.34. The lowest BCUT2D eigenvalue weighted by molar-refractivity contribution is -0.137. The van der Waals surface area contributed by atoms with Crippen LogP contribution in [0.25, 0.3) is 0 Å². The highest BCUT2D eigenvalue weighted by molar-refractivity contribution is 5.58. The van der Waals surface area contributed by atoms with Crippen molar-refractivity contribution in [3.05, 3.63) is 29.3 Å². The van der Waals surface area contributed by atoms with Gasteiger partial charge in [-0.1, -0.05) is 0 Å². The van der Waals surface area contributed by atoms with Crippen molar-refractivity contribution in [1.82, 2.24) is 0 Å². The van der Waals surface area contributed by atoms with Crippen molar-refractivity contribution in [3.63, 3.8) is 0 Å². The van der Waals surface area contributed by atoms with E-state index in [0.29, 0.717) is 24.2 Å². The summed E-state index contributed by atoms with van der Waals surface area (Å²) in [5.74, 6) is 5.56. The average Bonchev–Trinajstić information content (AvgIpc) is 2.46. The molecule has 0 bridgehead atoms. The second-order valence-electron chi connectivity index (χ2n) is 3.28. The number of hydrazine groups is 1. The molecule has 76 valence electrons. The van der Waals surface area contributed by atoms with E-state index in [-0.39, 0.29) is 0 Å². The minimum atomic E-state index is -4.27. The molecule has 0 aliphatic carbocycles. The van der Waals surface area contributed by atoms with Crippen LogP contribution < -0.4 is 10.9 Å². The number of nitrogens with zero attached hydrogens (tertiary/aromatic N) is 1. The molecule has 2 N–H and O–H groups in total. The van der Waals surface area contributed by atoms with Crippen LogP contribution in [0.1, 0.15) is 11.1 Å². The van der Waals surface area contributed by atoms with Gasteiger partial charge in [0, 0.05) is 6.54 Å². The highest BCUT2D eigenvalue weighted by Gasteiger charge is 2.31. The predicted octanol–water partition coefficient (Wildman–Crippen LogP) is 1.94. The molecule has 1 aliphatic heterocycles. The molecular weight excluding hydrogens is 193 g/mol. The lowest BCUT2D eigenvalue weighted by atomic mass is 10.1. The van der Waals surface area contributed by atoms with Gasteiger partial charge in [-0.3, -0.25) is 0 Å². The van der Waals surface area contributed by atoms with Crippen molar-refractivity contribution in [2.45, 2.75) is 12.6 Å². The van der Waals surface area contributed by atoms with E-state index in [9.17, 15) is 13.2 Å². The Kier molecular flexibility index (Phi) is 1.92. The highest BCUT2D eigenvalue weighted by Crippen LogP contribution is 2.34. The molecular formula is C9H9F3N2. The van der Waals surface area contributed by atoms with E-state index in [1.807, 2.05) is 0 Å². The molecule has 0 fully saturated rings. The zero-order valence-corrected chi connectivity index (χ0v) is 7.30. The van der Waals surface area contributed by atoms with Gasteiger partial charge in [-0.2, -0.15) is 13.2 Å². The van der Waals surface area contributed by atoms with Crippen LogP contribution in [0, 0.1) is 0 Å². The fourth-order valence-electron chi connectivity index (χ4n) is 1.60. The number of hydrogen-bond donors (Lipinski definition) is 1. The maximum Gasteiger partial charge on any atom is 0.416 e. The van der Waals surface area contributed by atoms with Gasteiger partial charge >= 0.3 is 6.18 Å². The van der Waals surface area contributed by atoms with E-state index in [0.717, 1.165) is 6.07 Å². The summed E-state index contributed by atoms with van der Waals surface area (Å²) in [5.41, 5.74) is 0.756. The normalized spacial score (nSPS) is 15.9. The van der Waals surface area contributed by atoms with Crippen molar-refractivity contribution in [1.29, 1.82) is 0 Å². The Morgan fingerprint density at radius 1 is 1.29 bits per heavy atom. The molecule has 0 atom stereocenters. The van der Waals surface area contributed by atoms with Gasteiger partial charge in [0.2, 0.25) is 0 Å². The largest absolute Gasteiger partial charge is 0.416 e. The lowest BCUT2D eigenvalue weighted by Crippen LogP contribution is -2.28. The maximum absolute atomic E-state index is 12.3. The first-order valence-electron chi connectivity index (χ1n) is 4.21. The summed E-state index contributed by atoms with van der Waals surface area (Å²) in [6, 6.07) is 3.65. The summed E-state index contributed by atoms with van der Waals surface area (Å²) in [6.07, 6.45) is -3.69. The van der Waals surface area contributed by atoms with E-state index in [1.165, 1.54) is 17.1 Å². The standard InChI is InChI=1S/C9H9F3N2/c10-9(11,12)7-1-2-8-6(5-7)3-4-14(8)13/h1-2,5H,3-4,13H2. The van der Waals surface area contributed by atoms with Gasteiger partial charge < -0.3 is 5.01 Å². The molecule has 2 nitrogen and oxygen atoms in total. The van der Waals surface area contributed by atoms with Crippen molar-refractivity contribution in [2.24, 2.45) is 5.84 Å². The monoisotopic (exact) mass is 202 g/mol. The van der Waals surface area contributed by atoms with E-state index < -0.39 is 11.7 Å². The zero-order valence-electron chi connectivity index (χ0n) is 7.30. The summed E-state index contributed by atoms with van der Waals surface area (Å²) >= 11 is 0. The number of alkyl halides is 3. The van der Waals surface area contributed by atoms with Gasteiger partial charge in [0.15, 0.2) is 0 Å². The molecule has 2 rings (SSSR count). The summed E-state index contributed by atoms with van der Waals surface area (Å²) in [5, 5.41) is 1.47. The van der Waals surface area contributed by atoms with Gasteiger partial charge in [0.25, 0.3) is 0 Å². The van der Waals surface area contributed by atoms with Gasteiger partial charge in [0.1, 0.15) is 0 Å². The molecule has 0 unspecified atom stereocenters. The van der Waals surface area contributed by atoms with Crippen molar-refractivity contribution >= 4 is 5.69 Å². The summed E-state index contributed by atoms with van der Waals surface area (Å²) < 4.78 is 36.9. The highest BCUT2D eigenvalue weighted by atomic mass is 19.4.